The van der Waals surface area contributed by atoms with Crippen LogP contribution in [0.1, 0.15) is 49.9 Å². The van der Waals surface area contributed by atoms with E-state index < -0.39 is 0 Å². The fraction of sp³-hybridized carbons (Fsp3) is 0.118. The normalized spacial score (nSPS) is 13.9. The van der Waals surface area contributed by atoms with Gasteiger partial charge in [0.15, 0.2) is 0 Å². The summed E-state index contributed by atoms with van der Waals surface area (Å²) in [7, 11) is 4.38. The summed E-state index contributed by atoms with van der Waals surface area (Å²) in [5.41, 5.74) is 24.9. The Bertz CT molecular complexity index is 4130. The van der Waals surface area contributed by atoms with Gasteiger partial charge in [-0.05, 0) is 159 Å². The summed E-state index contributed by atoms with van der Waals surface area (Å²) in [6.45, 7) is 9.52. The van der Waals surface area contributed by atoms with Crippen LogP contribution in [0.3, 0.4) is 0 Å². The van der Waals surface area contributed by atoms with Gasteiger partial charge in [0.1, 0.15) is 0 Å². The van der Waals surface area contributed by atoms with Crippen molar-refractivity contribution < 1.29 is 0 Å². The number of aromatic nitrogens is 2. The molecule has 0 fully saturated rings. The second kappa shape index (κ2) is 15.4. The van der Waals surface area contributed by atoms with Gasteiger partial charge in [-0.2, -0.15) is 0 Å². The topological polar surface area (TPSA) is 16.3 Å². The average molecular weight is 927 g/mol. The Balaban J connectivity index is 0.760. The number of para-hydroxylation sites is 4. The minimum absolute atomic E-state index is 0.141. The Kier molecular flexibility index (Phi) is 9.07. The molecule has 10 aromatic carbocycles. The highest BCUT2D eigenvalue weighted by molar-refractivity contribution is 6.11. The quantitative estimate of drug-likeness (QED) is 0.158. The number of fused-ring (bicyclic) bond motifs is 12. The molecule has 2 aliphatic carbocycles. The van der Waals surface area contributed by atoms with E-state index in [0.29, 0.717) is 0 Å². The van der Waals surface area contributed by atoms with Crippen LogP contribution < -0.4 is 9.80 Å². The maximum atomic E-state index is 2.44. The molecule has 12 aromatic rings. The molecule has 0 aliphatic heterocycles. The van der Waals surface area contributed by atoms with Crippen LogP contribution in [0.5, 0.6) is 0 Å². The molecule has 0 amide bonds. The summed E-state index contributed by atoms with van der Waals surface area (Å²) in [4.78, 5) is 4.66. The number of hydrogen-bond donors (Lipinski definition) is 0. The molecule has 0 saturated heterocycles. The van der Waals surface area contributed by atoms with Crippen molar-refractivity contribution in [2.45, 2.75) is 38.5 Å². The smallest absolute Gasteiger partial charge is 0.0561 e. The molecule has 72 heavy (non-hydrogen) atoms. The summed E-state index contributed by atoms with van der Waals surface area (Å²) >= 11 is 0. The molecule has 4 nitrogen and oxygen atoms in total. The summed E-state index contributed by atoms with van der Waals surface area (Å²) < 4.78 is 4.78. The molecule has 4 heteroatoms. The Morgan fingerprint density at radius 2 is 0.681 bits per heavy atom. The van der Waals surface area contributed by atoms with Crippen LogP contribution in [0, 0.1) is 0 Å². The molecule has 0 radical (unpaired) electrons. The van der Waals surface area contributed by atoms with Gasteiger partial charge in [0, 0.05) is 80.6 Å². The number of anilines is 4. The summed E-state index contributed by atoms with van der Waals surface area (Å²) in [6.07, 6.45) is 0. The van der Waals surface area contributed by atoms with Crippen molar-refractivity contribution >= 4 is 66.4 Å². The van der Waals surface area contributed by atoms with Gasteiger partial charge < -0.3 is 18.9 Å². The molecular weight excluding hydrogens is 873 g/mol. The molecule has 2 heterocycles. The van der Waals surface area contributed by atoms with Gasteiger partial charge in [0.05, 0.1) is 22.1 Å². The molecular formula is C68H54N4. The molecule has 0 saturated carbocycles. The van der Waals surface area contributed by atoms with Gasteiger partial charge in [0.25, 0.3) is 0 Å². The van der Waals surface area contributed by atoms with E-state index in [9.17, 15) is 0 Å². The van der Waals surface area contributed by atoms with Crippen molar-refractivity contribution in [1.29, 1.82) is 0 Å². The van der Waals surface area contributed by atoms with Crippen molar-refractivity contribution in [1.82, 2.24) is 9.13 Å². The summed E-state index contributed by atoms with van der Waals surface area (Å²) in [5.74, 6) is 0. The van der Waals surface area contributed by atoms with E-state index in [0.717, 1.165) is 17.1 Å². The number of nitrogens with zero attached hydrogens (tertiary/aromatic N) is 4. The molecule has 346 valence electrons. The zero-order valence-electron chi connectivity index (χ0n) is 41.6. The van der Waals surface area contributed by atoms with Crippen LogP contribution in [0.2, 0.25) is 0 Å². The van der Waals surface area contributed by atoms with Gasteiger partial charge in [-0.25, -0.2) is 0 Å². The van der Waals surface area contributed by atoms with Crippen LogP contribution in [-0.4, -0.2) is 23.2 Å². The first-order valence-corrected chi connectivity index (χ1v) is 25.3. The van der Waals surface area contributed by atoms with E-state index in [2.05, 4.69) is 279 Å². The van der Waals surface area contributed by atoms with Crippen molar-refractivity contribution in [2.24, 2.45) is 0 Å². The Morgan fingerprint density at radius 1 is 0.292 bits per heavy atom. The second-order valence-electron chi connectivity index (χ2n) is 21.1. The van der Waals surface area contributed by atoms with Crippen molar-refractivity contribution in [3.8, 4) is 44.8 Å². The van der Waals surface area contributed by atoms with E-state index in [4.69, 9.17) is 0 Å². The summed E-state index contributed by atoms with van der Waals surface area (Å²) in [5, 5.41) is 5.08. The maximum absolute atomic E-state index is 2.44. The third kappa shape index (κ3) is 6.11. The lowest BCUT2D eigenvalue weighted by atomic mass is 9.81. The predicted molar refractivity (Wildman–Crippen MR) is 305 cm³/mol. The van der Waals surface area contributed by atoms with E-state index >= 15 is 0 Å². The third-order valence-electron chi connectivity index (χ3n) is 16.6. The lowest BCUT2D eigenvalue weighted by molar-refractivity contribution is 0.660. The van der Waals surface area contributed by atoms with Crippen LogP contribution in [0.15, 0.2) is 218 Å². The highest BCUT2D eigenvalue weighted by Crippen LogP contribution is 2.54. The summed E-state index contributed by atoms with van der Waals surface area (Å²) in [6, 6.07) is 81.2. The van der Waals surface area contributed by atoms with Crippen LogP contribution in [0.4, 0.5) is 22.7 Å². The SMILES string of the molecule is CN(c1ccc(-n2c3ccccc3c3ccccc32)cc1)c1ccc2c(c1)C(C)(C)c1ccc(-c3ccc4c(c3)-c3ccc(N(C)c5ccc6c7ccccc7n(-c7ccccc7)c6c5)cc3C4(C)C)cc1-2. The van der Waals surface area contributed by atoms with Crippen molar-refractivity contribution in [3.63, 3.8) is 0 Å². The molecule has 0 spiro atoms. The molecule has 0 N–H and O–H groups in total. The molecule has 2 aromatic heterocycles. The molecule has 0 bridgehead atoms. The zero-order valence-corrected chi connectivity index (χ0v) is 41.6. The first-order valence-electron chi connectivity index (χ1n) is 25.3. The maximum Gasteiger partial charge on any atom is 0.0561 e. The van der Waals surface area contributed by atoms with E-state index in [1.54, 1.807) is 0 Å². The monoisotopic (exact) mass is 926 g/mol. The largest absolute Gasteiger partial charge is 0.345 e. The highest BCUT2D eigenvalue weighted by atomic mass is 15.1. The van der Waals surface area contributed by atoms with E-state index in [-0.39, 0.29) is 10.8 Å². The Hall–Kier alpha value is -8.60. The van der Waals surface area contributed by atoms with Crippen LogP contribution in [0.25, 0.3) is 88.4 Å². The molecule has 0 unspecified atom stereocenters. The highest BCUT2D eigenvalue weighted by Gasteiger charge is 2.38. The van der Waals surface area contributed by atoms with Gasteiger partial charge >= 0.3 is 0 Å². The fourth-order valence-corrected chi connectivity index (χ4v) is 12.6. The number of rotatable bonds is 7. The van der Waals surface area contributed by atoms with Gasteiger partial charge in [-0.1, -0.05) is 143 Å². The number of benzene rings is 10. The van der Waals surface area contributed by atoms with E-state index in [1.165, 1.54) is 116 Å². The van der Waals surface area contributed by atoms with Crippen LogP contribution in [-0.2, 0) is 10.8 Å². The minimum atomic E-state index is -0.149. The van der Waals surface area contributed by atoms with Gasteiger partial charge in [-0.3, -0.25) is 0 Å². The lowest BCUT2D eigenvalue weighted by Gasteiger charge is -2.25. The third-order valence-corrected chi connectivity index (χ3v) is 16.6. The fourth-order valence-electron chi connectivity index (χ4n) is 12.6. The van der Waals surface area contributed by atoms with Crippen LogP contribution >= 0.6 is 0 Å². The molecule has 0 atom stereocenters. The molecule has 2 aliphatic rings. The zero-order chi connectivity index (χ0) is 48.6. The first-order chi connectivity index (χ1) is 35.0. The van der Waals surface area contributed by atoms with E-state index in [1.807, 2.05) is 0 Å². The van der Waals surface area contributed by atoms with Gasteiger partial charge in [0.2, 0.25) is 0 Å². The standard InChI is InChI=1S/C68H54N4/c1-67(2)59-36-24-43(38-57(59)51-33-30-48(40-61(51)67)69(5)45-26-28-47(29-27-45)71-63-21-13-10-18-53(63)54-19-11-14-22-64(54)71)44-25-37-60-58(39-44)52-34-31-49(41-62(52)68(60,3)4)70(6)50-32-35-56-55-20-12-15-23-65(55)72(66(56)42-50)46-16-8-7-9-17-46/h7-42H,1-6H3. The Labute approximate surface area is 421 Å². The predicted octanol–water partition coefficient (Wildman–Crippen LogP) is 17.7. The second-order valence-corrected chi connectivity index (χ2v) is 21.1. The van der Waals surface area contributed by atoms with Gasteiger partial charge in [-0.15, -0.1) is 0 Å². The lowest BCUT2D eigenvalue weighted by Crippen LogP contribution is -2.16. The minimum Gasteiger partial charge on any atom is -0.345 e. The average Bonchev–Trinajstić information content (AvgIpc) is 4.08. The number of hydrogen-bond acceptors (Lipinski definition) is 2. The molecule has 14 rings (SSSR count). The van der Waals surface area contributed by atoms with Crippen molar-refractivity contribution in [2.75, 3.05) is 23.9 Å². The first kappa shape index (κ1) is 42.3. The van der Waals surface area contributed by atoms with Crippen molar-refractivity contribution in [3.05, 3.63) is 241 Å². The Morgan fingerprint density at radius 3 is 1.19 bits per heavy atom.